The summed E-state index contributed by atoms with van der Waals surface area (Å²) in [4.78, 5) is 32.6. The van der Waals surface area contributed by atoms with Gasteiger partial charge >= 0.3 is 6.03 Å². The molecule has 0 saturated carbocycles. The number of piperidine rings is 1. The number of carbonyl (C=O) groups is 2. The first-order valence-electron chi connectivity index (χ1n) is 9.07. The van der Waals surface area contributed by atoms with Gasteiger partial charge in [0.15, 0.2) is 5.96 Å². The summed E-state index contributed by atoms with van der Waals surface area (Å²) >= 11 is 0. The lowest BCUT2D eigenvalue weighted by atomic mass is 9.77. The fraction of sp³-hybridized carbons (Fsp3) is 0.526. The number of nitrogens with two attached hydrogens (primary N) is 1. The van der Waals surface area contributed by atoms with E-state index in [1.165, 1.54) is 4.90 Å². The van der Waals surface area contributed by atoms with Crippen LogP contribution in [0, 0.1) is 5.92 Å². The Morgan fingerprint density at radius 1 is 1.38 bits per heavy atom. The second kappa shape index (κ2) is 7.35. The molecule has 0 radical (unpaired) electrons. The molecule has 26 heavy (non-hydrogen) atoms. The Labute approximate surface area is 154 Å². The van der Waals surface area contributed by atoms with E-state index in [-0.39, 0.29) is 23.8 Å². The Bertz CT molecular complexity index is 705. The predicted molar refractivity (Wildman–Crippen MR) is 100 cm³/mol. The highest BCUT2D eigenvalue weighted by molar-refractivity contribution is 5.98. The van der Waals surface area contributed by atoms with E-state index in [9.17, 15) is 9.59 Å². The van der Waals surface area contributed by atoms with E-state index >= 15 is 0 Å². The van der Waals surface area contributed by atoms with Crippen molar-refractivity contribution >= 4 is 17.9 Å². The van der Waals surface area contributed by atoms with Crippen LogP contribution in [0.5, 0.6) is 0 Å². The minimum Gasteiger partial charge on any atom is -0.369 e. The average molecular weight is 357 g/mol. The normalized spacial score (nSPS) is 26.5. The third kappa shape index (κ3) is 3.81. The number of rotatable bonds is 3. The van der Waals surface area contributed by atoms with Crippen molar-refractivity contribution < 1.29 is 9.59 Å². The number of hydrogen-bond acceptors (Lipinski definition) is 4. The quantitative estimate of drug-likeness (QED) is 0.860. The van der Waals surface area contributed by atoms with Crippen molar-refractivity contribution in [2.24, 2.45) is 16.6 Å². The van der Waals surface area contributed by atoms with Crippen LogP contribution in [-0.2, 0) is 11.3 Å². The number of nitrogens with zero attached hydrogens (tertiary/aromatic N) is 3. The van der Waals surface area contributed by atoms with Gasteiger partial charge in [0.25, 0.3) is 0 Å². The maximum absolute atomic E-state index is 12.6. The number of likely N-dealkylation sites (tertiary alicyclic amines) is 1. The number of aliphatic imine (C=N–C) groups is 1. The second-order valence-electron chi connectivity index (χ2n) is 7.39. The maximum Gasteiger partial charge on any atom is 0.317 e. The molecule has 1 unspecified atom stereocenters. The summed E-state index contributed by atoms with van der Waals surface area (Å²) in [5, 5.41) is 2.98. The molecule has 2 aliphatic heterocycles. The zero-order valence-corrected chi connectivity index (χ0v) is 15.4. The molecule has 2 heterocycles. The van der Waals surface area contributed by atoms with Gasteiger partial charge in [0.1, 0.15) is 0 Å². The zero-order chi connectivity index (χ0) is 18.7. The number of benzene rings is 1. The lowest BCUT2D eigenvalue weighted by molar-refractivity contribution is -0.129. The van der Waals surface area contributed by atoms with Gasteiger partial charge in [-0.05, 0) is 25.3 Å². The molecule has 0 spiro atoms. The van der Waals surface area contributed by atoms with Gasteiger partial charge in [0.05, 0.1) is 12.0 Å². The molecular formula is C19H27N5O2. The summed E-state index contributed by atoms with van der Waals surface area (Å²) in [6, 6.07) is 9.77. The van der Waals surface area contributed by atoms with Gasteiger partial charge in [0, 0.05) is 32.6 Å². The standard InChI is InChI=1S/C19H27N5O2/c1-19(11-16(25)23(2)17(20)22-19)15-9-6-10-24(13-15)18(26)21-12-14-7-4-3-5-8-14/h3-5,7-8,15H,6,9-13H2,1-2H3,(H2,20,22)(H,21,26)/t15?,19-/m0/s1. The Hall–Kier alpha value is -2.57. The van der Waals surface area contributed by atoms with Crippen molar-refractivity contribution in [2.45, 2.75) is 38.3 Å². The third-order valence-corrected chi connectivity index (χ3v) is 5.47. The van der Waals surface area contributed by atoms with Gasteiger partial charge in [-0.1, -0.05) is 30.3 Å². The van der Waals surface area contributed by atoms with Gasteiger partial charge in [0.2, 0.25) is 5.91 Å². The first-order chi connectivity index (χ1) is 12.4. The number of guanidine groups is 1. The van der Waals surface area contributed by atoms with Gasteiger partial charge in [-0.15, -0.1) is 0 Å². The molecule has 0 aromatic heterocycles. The molecule has 2 aliphatic rings. The van der Waals surface area contributed by atoms with E-state index in [1.54, 1.807) is 7.05 Å². The van der Waals surface area contributed by atoms with Crippen LogP contribution in [-0.4, -0.2) is 53.4 Å². The molecule has 0 aliphatic carbocycles. The zero-order valence-electron chi connectivity index (χ0n) is 15.4. The molecule has 1 aromatic rings. The summed E-state index contributed by atoms with van der Waals surface area (Å²) in [5.74, 6) is 0.356. The van der Waals surface area contributed by atoms with Crippen molar-refractivity contribution in [3.63, 3.8) is 0 Å². The van der Waals surface area contributed by atoms with Crippen LogP contribution in [0.25, 0.3) is 0 Å². The Morgan fingerprint density at radius 2 is 2.12 bits per heavy atom. The summed E-state index contributed by atoms with van der Waals surface area (Å²) in [6.45, 7) is 3.79. The highest BCUT2D eigenvalue weighted by atomic mass is 16.2. The average Bonchev–Trinajstić information content (AvgIpc) is 2.65. The van der Waals surface area contributed by atoms with Crippen LogP contribution in [0.1, 0.15) is 31.7 Å². The van der Waals surface area contributed by atoms with Gasteiger partial charge < -0.3 is 16.0 Å². The lowest BCUT2D eigenvalue weighted by Gasteiger charge is -2.43. The minimum atomic E-state index is -0.550. The second-order valence-corrected chi connectivity index (χ2v) is 7.39. The smallest absolute Gasteiger partial charge is 0.317 e. The molecule has 3 rings (SSSR count). The number of carbonyl (C=O) groups excluding carboxylic acids is 2. The summed E-state index contributed by atoms with van der Waals surface area (Å²) in [6.07, 6.45) is 2.17. The van der Waals surface area contributed by atoms with E-state index in [2.05, 4.69) is 10.3 Å². The number of amides is 3. The van der Waals surface area contributed by atoms with Crippen LogP contribution >= 0.6 is 0 Å². The highest BCUT2D eigenvalue weighted by Gasteiger charge is 2.43. The fourth-order valence-corrected chi connectivity index (χ4v) is 3.72. The minimum absolute atomic E-state index is 0.0225. The summed E-state index contributed by atoms with van der Waals surface area (Å²) < 4.78 is 0. The van der Waals surface area contributed by atoms with Crippen molar-refractivity contribution in [1.29, 1.82) is 0 Å². The van der Waals surface area contributed by atoms with E-state index in [0.717, 1.165) is 24.9 Å². The first kappa shape index (κ1) is 18.2. The fourth-order valence-electron chi connectivity index (χ4n) is 3.72. The van der Waals surface area contributed by atoms with Gasteiger partial charge in [-0.2, -0.15) is 0 Å². The molecule has 0 bridgehead atoms. The van der Waals surface area contributed by atoms with E-state index in [1.807, 2.05) is 42.2 Å². The molecule has 140 valence electrons. The Morgan fingerprint density at radius 3 is 2.81 bits per heavy atom. The van der Waals surface area contributed by atoms with Gasteiger partial charge in [-0.25, -0.2) is 9.79 Å². The molecular weight excluding hydrogens is 330 g/mol. The molecule has 3 N–H and O–H groups in total. The maximum atomic E-state index is 12.6. The number of urea groups is 1. The molecule has 3 amide bonds. The molecule has 1 aromatic carbocycles. The third-order valence-electron chi connectivity index (χ3n) is 5.47. The van der Waals surface area contributed by atoms with Crippen LogP contribution in [0.2, 0.25) is 0 Å². The Balaban J connectivity index is 1.63. The van der Waals surface area contributed by atoms with Crippen molar-refractivity contribution in [2.75, 3.05) is 20.1 Å². The summed E-state index contributed by atoms with van der Waals surface area (Å²) in [7, 11) is 1.64. The monoisotopic (exact) mass is 357 g/mol. The lowest BCUT2D eigenvalue weighted by Crippen LogP contribution is -2.55. The number of hydrogen-bond donors (Lipinski definition) is 2. The van der Waals surface area contributed by atoms with Crippen LogP contribution in [0.15, 0.2) is 35.3 Å². The van der Waals surface area contributed by atoms with Crippen LogP contribution in [0.4, 0.5) is 4.79 Å². The molecule has 7 nitrogen and oxygen atoms in total. The largest absolute Gasteiger partial charge is 0.369 e. The van der Waals surface area contributed by atoms with Crippen molar-refractivity contribution in [3.8, 4) is 0 Å². The number of nitrogens with one attached hydrogen (secondary N) is 1. The SMILES string of the molecule is CN1C(=O)C[C@@](C)(C2CCCN(C(=O)NCc3ccccc3)C2)N=C1N. The van der Waals surface area contributed by atoms with E-state index in [4.69, 9.17) is 5.73 Å². The highest BCUT2D eigenvalue weighted by Crippen LogP contribution is 2.35. The molecule has 1 saturated heterocycles. The first-order valence-corrected chi connectivity index (χ1v) is 9.07. The predicted octanol–water partition coefficient (Wildman–Crippen LogP) is 1.54. The van der Waals surface area contributed by atoms with E-state index < -0.39 is 5.54 Å². The molecule has 1 fully saturated rings. The van der Waals surface area contributed by atoms with Crippen molar-refractivity contribution in [1.82, 2.24) is 15.1 Å². The van der Waals surface area contributed by atoms with Crippen molar-refractivity contribution in [3.05, 3.63) is 35.9 Å². The summed E-state index contributed by atoms with van der Waals surface area (Å²) in [5.41, 5.74) is 6.44. The van der Waals surface area contributed by atoms with Crippen LogP contribution < -0.4 is 11.1 Å². The topological polar surface area (TPSA) is 91.0 Å². The van der Waals surface area contributed by atoms with E-state index in [0.29, 0.717) is 19.5 Å². The van der Waals surface area contributed by atoms with Crippen LogP contribution in [0.3, 0.4) is 0 Å². The Kier molecular flexibility index (Phi) is 5.15. The van der Waals surface area contributed by atoms with Gasteiger partial charge in [-0.3, -0.25) is 9.69 Å². The molecule has 7 heteroatoms. The molecule has 2 atom stereocenters.